The molecule has 0 aliphatic rings. The van der Waals surface area contributed by atoms with Crippen LogP contribution < -0.4 is 14.8 Å². The lowest BCUT2D eigenvalue weighted by Gasteiger charge is -2.26. The monoisotopic (exact) mass is 386 g/mol. The summed E-state index contributed by atoms with van der Waals surface area (Å²) in [5.41, 5.74) is 2.37. The molecule has 1 N–H and O–H groups in total. The van der Waals surface area contributed by atoms with Gasteiger partial charge in [0.2, 0.25) is 0 Å². The molecule has 27 heavy (non-hydrogen) atoms. The number of benzene rings is 2. The van der Waals surface area contributed by atoms with Crippen LogP contribution in [0.2, 0.25) is 0 Å². The molecule has 5 heteroatoms. The smallest absolute Gasteiger partial charge is 0.169 e. The van der Waals surface area contributed by atoms with Gasteiger partial charge >= 0.3 is 0 Å². The molecular weight excluding hydrogens is 356 g/mol. The summed E-state index contributed by atoms with van der Waals surface area (Å²) >= 11 is 5.65. The Hall–Kier alpha value is -2.27. The highest BCUT2D eigenvalue weighted by atomic mass is 32.1. The van der Waals surface area contributed by atoms with Crippen LogP contribution in [-0.4, -0.2) is 29.8 Å². The van der Waals surface area contributed by atoms with Crippen molar-refractivity contribution in [1.82, 2.24) is 10.2 Å². The third-order valence-electron chi connectivity index (χ3n) is 4.05. The van der Waals surface area contributed by atoms with Crippen LogP contribution >= 0.6 is 12.2 Å². The van der Waals surface area contributed by atoms with E-state index < -0.39 is 0 Å². The Kier molecular flexibility index (Phi) is 8.92. The van der Waals surface area contributed by atoms with Crippen molar-refractivity contribution >= 4 is 17.3 Å². The molecule has 2 aromatic rings. The zero-order valence-electron chi connectivity index (χ0n) is 16.5. The number of hydrogen-bond acceptors (Lipinski definition) is 3. The van der Waals surface area contributed by atoms with Gasteiger partial charge in [0.25, 0.3) is 0 Å². The Morgan fingerprint density at radius 1 is 0.926 bits per heavy atom. The summed E-state index contributed by atoms with van der Waals surface area (Å²) in [5.74, 6) is 1.58. The summed E-state index contributed by atoms with van der Waals surface area (Å²) in [6.45, 7) is 9.72. The minimum atomic E-state index is 0.610. The van der Waals surface area contributed by atoms with Crippen molar-refractivity contribution in [3.8, 4) is 11.5 Å². The first-order valence-electron chi connectivity index (χ1n) is 9.63. The molecule has 0 saturated heterocycles. The lowest BCUT2D eigenvalue weighted by Crippen LogP contribution is -2.39. The molecule has 0 aliphatic carbocycles. The number of nitrogens with one attached hydrogen (secondary N) is 1. The van der Waals surface area contributed by atoms with E-state index in [0.717, 1.165) is 48.2 Å². The van der Waals surface area contributed by atoms with Gasteiger partial charge in [-0.1, -0.05) is 43.3 Å². The summed E-state index contributed by atoms with van der Waals surface area (Å²) in [7, 11) is 0. The predicted octanol–water partition coefficient (Wildman–Crippen LogP) is 4.77. The standard InChI is InChI=1S/C22H30N2O2S/c1-4-14-24(22(27)23-16-18-10-8-7-9-11-18)17-19-12-13-20(25-5-2)21(15-19)26-6-3/h7-13,15H,4-6,14,16-17H2,1-3H3,(H,23,27). The third-order valence-corrected chi connectivity index (χ3v) is 4.45. The fourth-order valence-electron chi connectivity index (χ4n) is 2.82. The number of rotatable bonds is 10. The molecule has 0 bridgehead atoms. The molecule has 0 atom stereocenters. The molecule has 4 nitrogen and oxygen atoms in total. The van der Waals surface area contributed by atoms with Crippen LogP contribution in [-0.2, 0) is 13.1 Å². The van der Waals surface area contributed by atoms with Crippen molar-refractivity contribution in [3.05, 3.63) is 59.7 Å². The Morgan fingerprint density at radius 3 is 2.30 bits per heavy atom. The van der Waals surface area contributed by atoms with E-state index in [1.807, 2.05) is 38.1 Å². The molecule has 0 unspecified atom stereocenters. The van der Waals surface area contributed by atoms with Crippen molar-refractivity contribution in [2.45, 2.75) is 40.3 Å². The first-order chi connectivity index (χ1) is 13.2. The fraction of sp³-hybridized carbons (Fsp3) is 0.409. The predicted molar refractivity (Wildman–Crippen MR) is 115 cm³/mol. The van der Waals surface area contributed by atoms with Crippen LogP contribution in [0.25, 0.3) is 0 Å². The normalized spacial score (nSPS) is 10.3. The molecule has 0 heterocycles. The van der Waals surface area contributed by atoms with Crippen molar-refractivity contribution in [3.63, 3.8) is 0 Å². The van der Waals surface area contributed by atoms with Gasteiger partial charge in [-0.3, -0.25) is 0 Å². The van der Waals surface area contributed by atoms with E-state index in [1.165, 1.54) is 5.56 Å². The second-order valence-corrected chi connectivity index (χ2v) is 6.60. The van der Waals surface area contributed by atoms with Crippen molar-refractivity contribution < 1.29 is 9.47 Å². The molecule has 0 radical (unpaired) electrons. The van der Waals surface area contributed by atoms with Gasteiger partial charge in [0.05, 0.1) is 13.2 Å². The van der Waals surface area contributed by atoms with E-state index in [-0.39, 0.29) is 0 Å². The highest BCUT2D eigenvalue weighted by Crippen LogP contribution is 2.29. The van der Waals surface area contributed by atoms with Crippen molar-refractivity contribution in [1.29, 1.82) is 0 Å². The highest BCUT2D eigenvalue weighted by molar-refractivity contribution is 7.80. The first-order valence-corrected chi connectivity index (χ1v) is 10.0. The van der Waals surface area contributed by atoms with Crippen LogP contribution in [0, 0.1) is 0 Å². The molecule has 146 valence electrons. The number of thiocarbonyl (C=S) groups is 1. The maximum Gasteiger partial charge on any atom is 0.169 e. The zero-order chi connectivity index (χ0) is 19.5. The quantitative estimate of drug-likeness (QED) is 0.595. The second-order valence-electron chi connectivity index (χ2n) is 6.21. The molecule has 2 aromatic carbocycles. The van der Waals surface area contributed by atoms with Crippen molar-refractivity contribution in [2.75, 3.05) is 19.8 Å². The van der Waals surface area contributed by atoms with E-state index in [9.17, 15) is 0 Å². The molecule has 0 aromatic heterocycles. The van der Waals surface area contributed by atoms with Gasteiger partial charge < -0.3 is 19.7 Å². The largest absolute Gasteiger partial charge is 0.490 e. The van der Waals surface area contributed by atoms with Gasteiger partial charge in [-0.05, 0) is 55.7 Å². The van der Waals surface area contributed by atoms with Gasteiger partial charge in [-0.25, -0.2) is 0 Å². The summed E-state index contributed by atoms with van der Waals surface area (Å²) in [6.07, 6.45) is 1.03. The van der Waals surface area contributed by atoms with Gasteiger partial charge in [0.15, 0.2) is 16.6 Å². The number of ether oxygens (including phenoxy) is 2. The van der Waals surface area contributed by atoms with Crippen LogP contribution in [0.5, 0.6) is 11.5 Å². The van der Waals surface area contributed by atoms with Crippen LogP contribution in [0.15, 0.2) is 48.5 Å². The van der Waals surface area contributed by atoms with Crippen molar-refractivity contribution in [2.24, 2.45) is 0 Å². The van der Waals surface area contributed by atoms with Crippen LogP contribution in [0.1, 0.15) is 38.3 Å². The van der Waals surface area contributed by atoms with Gasteiger partial charge in [0.1, 0.15) is 0 Å². The summed E-state index contributed by atoms with van der Waals surface area (Å²) in [5, 5.41) is 4.15. The Morgan fingerprint density at radius 2 is 1.63 bits per heavy atom. The van der Waals surface area contributed by atoms with Gasteiger partial charge in [-0.2, -0.15) is 0 Å². The average molecular weight is 387 g/mol. The lowest BCUT2D eigenvalue weighted by molar-refractivity contribution is 0.287. The summed E-state index contributed by atoms with van der Waals surface area (Å²) in [4.78, 5) is 2.20. The SMILES string of the molecule is CCCN(Cc1ccc(OCC)c(OCC)c1)C(=S)NCc1ccccc1. The minimum Gasteiger partial charge on any atom is -0.490 e. The van der Waals surface area contributed by atoms with E-state index in [2.05, 4.69) is 41.4 Å². The molecule has 0 aliphatic heterocycles. The minimum absolute atomic E-state index is 0.610. The molecule has 0 amide bonds. The van der Waals surface area contributed by atoms with E-state index in [1.54, 1.807) is 0 Å². The topological polar surface area (TPSA) is 33.7 Å². The van der Waals surface area contributed by atoms with E-state index in [0.29, 0.717) is 13.2 Å². The van der Waals surface area contributed by atoms with Crippen LogP contribution in [0.4, 0.5) is 0 Å². The summed E-state index contributed by atoms with van der Waals surface area (Å²) in [6, 6.07) is 16.4. The van der Waals surface area contributed by atoms with E-state index in [4.69, 9.17) is 21.7 Å². The molecule has 2 rings (SSSR count). The maximum absolute atomic E-state index is 5.75. The van der Waals surface area contributed by atoms with Gasteiger partial charge in [-0.15, -0.1) is 0 Å². The molecular formula is C22H30N2O2S. The van der Waals surface area contributed by atoms with Gasteiger partial charge in [0, 0.05) is 19.6 Å². The fourth-order valence-corrected chi connectivity index (χ4v) is 3.05. The third kappa shape index (κ3) is 6.75. The molecule has 0 spiro atoms. The zero-order valence-corrected chi connectivity index (χ0v) is 17.3. The average Bonchev–Trinajstić information content (AvgIpc) is 2.69. The van der Waals surface area contributed by atoms with Crippen LogP contribution in [0.3, 0.4) is 0 Å². The number of nitrogens with zero attached hydrogens (tertiary/aromatic N) is 1. The Labute approximate surface area is 168 Å². The molecule has 0 fully saturated rings. The number of hydrogen-bond donors (Lipinski definition) is 1. The molecule has 0 saturated carbocycles. The highest BCUT2D eigenvalue weighted by Gasteiger charge is 2.12. The maximum atomic E-state index is 5.75. The Bertz CT molecular complexity index is 707. The Balaban J connectivity index is 2.05. The first kappa shape index (κ1) is 21.0. The lowest BCUT2D eigenvalue weighted by atomic mass is 10.2. The van der Waals surface area contributed by atoms with E-state index >= 15 is 0 Å². The summed E-state index contributed by atoms with van der Waals surface area (Å²) < 4.78 is 11.4. The second kappa shape index (κ2) is 11.4.